The van der Waals surface area contributed by atoms with E-state index in [1.807, 2.05) is 6.07 Å². The van der Waals surface area contributed by atoms with Gasteiger partial charge in [-0.05, 0) is 36.0 Å². The Labute approximate surface area is 80.9 Å². The molecule has 1 rings (SSSR count). The molecule has 0 heterocycles. The van der Waals surface area contributed by atoms with Gasteiger partial charge in [0.05, 0.1) is 16.5 Å². The number of nitrogens with zero attached hydrogens (tertiary/aromatic N) is 1. The SMILES string of the molecule is N#Cc1ccc(S(=O)(=O)NCl)cc1. The molecule has 0 saturated carbocycles. The van der Waals surface area contributed by atoms with Crippen LogP contribution in [0.3, 0.4) is 0 Å². The Kier molecular flexibility index (Phi) is 2.88. The molecular weight excluding hydrogens is 212 g/mol. The number of nitriles is 1. The molecule has 1 aromatic rings. The zero-order valence-corrected chi connectivity index (χ0v) is 7.93. The number of nitrogens with one attached hydrogen (secondary N) is 1. The molecule has 0 saturated heterocycles. The van der Waals surface area contributed by atoms with E-state index in [4.69, 9.17) is 17.0 Å². The third-order valence-electron chi connectivity index (χ3n) is 1.40. The molecule has 0 bridgehead atoms. The predicted molar refractivity (Wildman–Crippen MR) is 47.3 cm³/mol. The fourth-order valence-electron chi connectivity index (χ4n) is 0.753. The van der Waals surface area contributed by atoms with E-state index in [9.17, 15) is 8.42 Å². The number of benzene rings is 1. The topological polar surface area (TPSA) is 70.0 Å². The molecule has 0 aliphatic heterocycles. The van der Waals surface area contributed by atoms with Crippen LogP contribution in [-0.2, 0) is 10.0 Å². The Morgan fingerprint density at radius 1 is 1.31 bits per heavy atom. The summed E-state index contributed by atoms with van der Waals surface area (Å²) in [4.78, 5) is 0.0292. The van der Waals surface area contributed by atoms with Crippen LogP contribution in [0.5, 0.6) is 0 Å². The predicted octanol–water partition coefficient (Wildman–Crippen LogP) is 0.990. The molecule has 0 unspecified atom stereocenters. The average Bonchev–Trinajstić information content (AvgIpc) is 2.18. The lowest BCUT2D eigenvalue weighted by Crippen LogP contribution is -2.13. The van der Waals surface area contributed by atoms with Gasteiger partial charge in [0.15, 0.2) is 0 Å². The van der Waals surface area contributed by atoms with Crippen LogP contribution in [0.2, 0.25) is 0 Å². The summed E-state index contributed by atoms with van der Waals surface area (Å²) < 4.78 is 23.8. The number of sulfonamides is 1. The van der Waals surface area contributed by atoms with E-state index in [-0.39, 0.29) is 4.90 Å². The monoisotopic (exact) mass is 216 g/mol. The Bertz CT molecular complexity index is 433. The molecular formula is C7H5ClN2O2S. The summed E-state index contributed by atoms with van der Waals surface area (Å²) in [5.74, 6) is 0. The van der Waals surface area contributed by atoms with Gasteiger partial charge in [0.2, 0.25) is 0 Å². The second-order valence-electron chi connectivity index (χ2n) is 2.22. The van der Waals surface area contributed by atoms with Crippen LogP contribution >= 0.6 is 11.8 Å². The van der Waals surface area contributed by atoms with E-state index < -0.39 is 10.0 Å². The maximum Gasteiger partial charge on any atom is 0.253 e. The molecule has 0 aromatic heterocycles. The molecule has 68 valence electrons. The third-order valence-corrected chi connectivity index (χ3v) is 3.10. The zero-order chi connectivity index (χ0) is 9.90. The number of hydrogen-bond acceptors (Lipinski definition) is 3. The van der Waals surface area contributed by atoms with Crippen molar-refractivity contribution in [3.05, 3.63) is 29.8 Å². The molecule has 0 aliphatic rings. The minimum absolute atomic E-state index is 0.0292. The lowest BCUT2D eigenvalue weighted by molar-refractivity contribution is 0.594. The van der Waals surface area contributed by atoms with E-state index in [1.54, 1.807) is 4.24 Å². The van der Waals surface area contributed by atoms with E-state index in [2.05, 4.69) is 0 Å². The van der Waals surface area contributed by atoms with Crippen molar-refractivity contribution in [1.29, 1.82) is 5.26 Å². The van der Waals surface area contributed by atoms with Gasteiger partial charge in [-0.1, -0.05) is 0 Å². The standard InChI is InChI=1S/C7H5ClN2O2S/c8-10-13(11,12)7-3-1-6(5-9)2-4-7/h1-4,10H. The quantitative estimate of drug-likeness (QED) is 0.750. The summed E-state index contributed by atoms with van der Waals surface area (Å²) in [6, 6.07) is 7.30. The third kappa shape index (κ3) is 2.18. The normalized spacial score (nSPS) is 10.8. The Morgan fingerprint density at radius 2 is 1.85 bits per heavy atom. The Balaban J connectivity index is 3.15. The maximum absolute atomic E-state index is 11.1. The molecule has 13 heavy (non-hydrogen) atoms. The molecule has 4 nitrogen and oxygen atoms in total. The summed E-state index contributed by atoms with van der Waals surface area (Å²) in [5.41, 5.74) is 0.397. The largest absolute Gasteiger partial charge is 0.253 e. The van der Waals surface area contributed by atoms with Crippen LogP contribution in [0, 0.1) is 11.3 Å². The average molecular weight is 217 g/mol. The molecule has 0 fully saturated rings. The smallest absolute Gasteiger partial charge is 0.206 e. The summed E-state index contributed by atoms with van der Waals surface area (Å²) >= 11 is 5.00. The van der Waals surface area contributed by atoms with Gasteiger partial charge in [0, 0.05) is 0 Å². The van der Waals surface area contributed by atoms with Gasteiger partial charge in [-0.2, -0.15) is 5.26 Å². The van der Waals surface area contributed by atoms with Gasteiger partial charge in [0.25, 0.3) is 10.0 Å². The van der Waals surface area contributed by atoms with E-state index in [0.29, 0.717) is 5.56 Å². The highest BCUT2D eigenvalue weighted by atomic mass is 35.5. The Morgan fingerprint density at radius 3 is 2.23 bits per heavy atom. The van der Waals surface area contributed by atoms with Crippen molar-refractivity contribution in [1.82, 2.24) is 4.24 Å². The fourth-order valence-corrected chi connectivity index (χ4v) is 1.60. The number of hydrogen-bond donors (Lipinski definition) is 1. The molecule has 0 atom stereocenters. The summed E-state index contributed by atoms with van der Waals surface area (Å²) in [6.07, 6.45) is 0. The van der Waals surface area contributed by atoms with E-state index >= 15 is 0 Å². The minimum atomic E-state index is -3.62. The first-order valence-corrected chi connectivity index (χ1v) is 5.09. The van der Waals surface area contributed by atoms with Crippen molar-refractivity contribution in [2.45, 2.75) is 4.90 Å². The van der Waals surface area contributed by atoms with Gasteiger partial charge < -0.3 is 0 Å². The highest BCUT2D eigenvalue weighted by Crippen LogP contribution is 2.09. The molecule has 0 radical (unpaired) electrons. The molecule has 0 amide bonds. The van der Waals surface area contributed by atoms with Crippen molar-refractivity contribution >= 4 is 21.8 Å². The van der Waals surface area contributed by atoms with Crippen LogP contribution < -0.4 is 4.24 Å². The summed E-state index contributed by atoms with van der Waals surface area (Å²) in [6.45, 7) is 0. The first-order valence-electron chi connectivity index (χ1n) is 3.23. The van der Waals surface area contributed by atoms with Crippen molar-refractivity contribution in [3.63, 3.8) is 0 Å². The minimum Gasteiger partial charge on any atom is -0.206 e. The zero-order valence-electron chi connectivity index (χ0n) is 6.36. The van der Waals surface area contributed by atoms with Crippen LogP contribution in [0.4, 0.5) is 0 Å². The van der Waals surface area contributed by atoms with Crippen LogP contribution in [0.1, 0.15) is 5.56 Å². The molecule has 0 spiro atoms. The van der Waals surface area contributed by atoms with Crippen molar-refractivity contribution in [2.24, 2.45) is 0 Å². The number of halogens is 1. The van der Waals surface area contributed by atoms with Crippen LogP contribution in [0.25, 0.3) is 0 Å². The first kappa shape index (κ1) is 9.99. The summed E-state index contributed by atoms with van der Waals surface area (Å²) in [7, 11) is -3.62. The van der Waals surface area contributed by atoms with E-state index in [1.165, 1.54) is 24.3 Å². The van der Waals surface area contributed by atoms with Crippen molar-refractivity contribution < 1.29 is 8.42 Å². The van der Waals surface area contributed by atoms with Crippen molar-refractivity contribution in [3.8, 4) is 6.07 Å². The highest BCUT2D eigenvalue weighted by molar-refractivity contribution is 7.90. The Hall–Kier alpha value is -1.09. The second kappa shape index (κ2) is 3.75. The van der Waals surface area contributed by atoms with Gasteiger partial charge in [-0.25, -0.2) is 8.42 Å². The van der Waals surface area contributed by atoms with Gasteiger partial charge >= 0.3 is 0 Å². The van der Waals surface area contributed by atoms with Gasteiger partial charge in [-0.3, -0.25) is 0 Å². The molecule has 1 N–H and O–H groups in total. The fraction of sp³-hybridized carbons (Fsp3) is 0. The van der Waals surface area contributed by atoms with Crippen LogP contribution in [0.15, 0.2) is 29.2 Å². The van der Waals surface area contributed by atoms with Gasteiger partial charge in [0.1, 0.15) is 0 Å². The van der Waals surface area contributed by atoms with Crippen LogP contribution in [-0.4, -0.2) is 8.42 Å². The van der Waals surface area contributed by atoms with E-state index in [0.717, 1.165) is 0 Å². The maximum atomic E-state index is 11.1. The second-order valence-corrected chi connectivity index (χ2v) is 4.31. The number of rotatable bonds is 2. The lowest BCUT2D eigenvalue weighted by atomic mass is 10.2. The summed E-state index contributed by atoms with van der Waals surface area (Å²) in [5, 5.41) is 8.45. The molecule has 0 aliphatic carbocycles. The van der Waals surface area contributed by atoms with Crippen molar-refractivity contribution in [2.75, 3.05) is 0 Å². The van der Waals surface area contributed by atoms with Gasteiger partial charge in [-0.15, -0.1) is 4.24 Å². The molecule has 6 heteroatoms. The highest BCUT2D eigenvalue weighted by Gasteiger charge is 2.11. The molecule has 1 aromatic carbocycles. The first-order chi connectivity index (χ1) is 6.10. The lowest BCUT2D eigenvalue weighted by Gasteiger charge is -1.99.